The normalized spacial score (nSPS) is 17.8. The fourth-order valence-electron chi connectivity index (χ4n) is 5.46. The minimum absolute atomic E-state index is 0.123. The molecule has 1 aromatic carbocycles. The minimum Gasteiger partial charge on any atom is -0.383 e. The average molecular weight is 433 g/mol. The number of rotatable bonds is 5. The van der Waals surface area contributed by atoms with Crippen LogP contribution in [-0.4, -0.2) is 9.97 Å². The highest BCUT2D eigenvalue weighted by Gasteiger charge is 2.35. The van der Waals surface area contributed by atoms with E-state index in [2.05, 4.69) is 80.7 Å². The SMILES string of the molecule is CC[C@](C)(c1cccc(C(C)C#CC(C)(C)c2c(C)nc(N)nc2N)c1)C1CCCCC1. The van der Waals surface area contributed by atoms with Gasteiger partial charge in [-0.2, -0.15) is 4.98 Å². The molecule has 4 nitrogen and oxygen atoms in total. The second-order valence-electron chi connectivity index (χ2n) is 10.3. The van der Waals surface area contributed by atoms with Crippen LogP contribution in [0.15, 0.2) is 24.3 Å². The maximum absolute atomic E-state index is 6.18. The van der Waals surface area contributed by atoms with E-state index in [-0.39, 0.29) is 17.3 Å². The molecule has 4 N–H and O–H groups in total. The molecular formula is C28H40N4. The van der Waals surface area contributed by atoms with Gasteiger partial charge < -0.3 is 11.5 Å². The number of hydrogen-bond acceptors (Lipinski definition) is 4. The van der Waals surface area contributed by atoms with Gasteiger partial charge in [0.15, 0.2) is 0 Å². The third-order valence-corrected chi connectivity index (χ3v) is 7.65. The second kappa shape index (κ2) is 9.53. The van der Waals surface area contributed by atoms with Crippen molar-refractivity contribution in [3.8, 4) is 11.8 Å². The number of nitrogen functional groups attached to an aromatic ring is 2. The molecule has 2 atom stereocenters. The number of aryl methyl sites for hydroxylation is 1. The van der Waals surface area contributed by atoms with Gasteiger partial charge in [-0.25, -0.2) is 4.98 Å². The number of aromatic nitrogens is 2. The van der Waals surface area contributed by atoms with E-state index in [4.69, 9.17) is 11.5 Å². The van der Waals surface area contributed by atoms with Crippen molar-refractivity contribution < 1.29 is 0 Å². The Hall–Kier alpha value is -2.54. The van der Waals surface area contributed by atoms with Crippen molar-refractivity contribution in [1.82, 2.24) is 9.97 Å². The van der Waals surface area contributed by atoms with Crippen LogP contribution in [0.3, 0.4) is 0 Å². The van der Waals surface area contributed by atoms with Crippen LogP contribution in [0.1, 0.15) is 101 Å². The Morgan fingerprint density at radius 2 is 1.78 bits per heavy atom. The molecule has 32 heavy (non-hydrogen) atoms. The van der Waals surface area contributed by atoms with Gasteiger partial charge in [-0.3, -0.25) is 0 Å². The van der Waals surface area contributed by atoms with Gasteiger partial charge in [0.05, 0.1) is 5.41 Å². The third kappa shape index (κ3) is 4.93. The molecule has 1 aromatic heterocycles. The van der Waals surface area contributed by atoms with Gasteiger partial charge in [0.2, 0.25) is 5.95 Å². The summed E-state index contributed by atoms with van der Waals surface area (Å²) in [6.07, 6.45) is 8.00. The maximum Gasteiger partial charge on any atom is 0.222 e. The highest BCUT2D eigenvalue weighted by molar-refractivity contribution is 5.53. The number of anilines is 2. The summed E-state index contributed by atoms with van der Waals surface area (Å²) in [5.74, 6) is 8.46. The largest absolute Gasteiger partial charge is 0.383 e. The van der Waals surface area contributed by atoms with E-state index in [9.17, 15) is 0 Å². The van der Waals surface area contributed by atoms with E-state index >= 15 is 0 Å². The lowest BCUT2D eigenvalue weighted by atomic mass is 9.64. The number of nitrogens with zero attached hydrogens (tertiary/aromatic N) is 2. The standard InChI is InChI=1S/C28H40N4/c1-7-28(6,22-13-9-8-10-14-22)23-15-11-12-21(18-23)19(2)16-17-27(4,5)24-20(3)31-26(30)32-25(24)29/h11-12,15,18-19,22H,7-10,13-14H2,1-6H3,(H4,29,30,31,32)/t19?,28-/m0/s1. The van der Waals surface area contributed by atoms with E-state index < -0.39 is 5.41 Å². The van der Waals surface area contributed by atoms with Crippen LogP contribution >= 0.6 is 0 Å². The van der Waals surface area contributed by atoms with E-state index in [0.717, 1.165) is 17.2 Å². The summed E-state index contributed by atoms with van der Waals surface area (Å²) in [5, 5.41) is 0. The predicted octanol–water partition coefficient (Wildman–Crippen LogP) is 6.28. The van der Waals surface area contributed by atoms with Crippen molar-refractivity contribution in [3.05, 3.63) is 46.6 Å². The first-order chi connectivity index (χ1) is 15.1. The summed E-state index contributed by atoms with van der Waals surface area (Å²) in [4.78, 5) is 8.45. The van der Waals surface area contributed by atoms with Gasteiger partial charge >= 0.3 is 0 Å². The monoisotopic (exact) mass is 432 g/mol. The average Bonchev–Trinajstić information content (AvgIpc) is 2.76. The smallest absolute Gasteiger partial charge is 0.222 e. The molecule has 1 heterocycles. The lowest BCUT2D eigenvalue weighted by molar-refractivity contribution is 0.212. The van der Waals surface area contributed by atoms with Crippen molar-refractivity contribution in [1.29, 1.82) is 0 Å². The molecule has 4 heteroatoms. The zero-order valence-electron chi connectivity index (χ0n) is 20.8. The van der Waals surface area contributed by atoms with Crippen molar-refractivity contribution >= 4 is 11.8 Å². The summed E-state index contributed by atoms with van der Waals surface area (Å²) in [6.45, 7) is 13.0. The van der Waals surface area contributed by atoms with Crippen LogP contribution in [0, 0.1) is 24.7 Å². The highest BCUT2D eigenvalue weighted by atomic mass is 15.0. The number of nitrogens with two attached hydrogens (primary N) is 2. The lowest BCUT2D eigenvalue weighted by Gasteiger charge is -2.40. The van der Waals surface area contributed by atoms with E-state index in [1.54, 1.807) is 0 Å². The summed E-state index contributed by atoms with van der Waals surface area (Å²) >= 11 is 0. The molecule has 0 radical (unpaired) electrons. The quantitative estimate of drug-likeness (QED) is 0.545. The van der Waals surface area contributed by atoms with Crippen molar-refractivity contribution in [2.75, 3.05) is 11.5 Å². The first kappa shape index (κ1) is 24.1. The molecule has 0 aliphatic heterocycles. The molecule has 1 unspecified atom stereocenters. The molecule has 0 bridgehead atoms. The van der Waals surface area contributed by atoms with E-state index in [1.807, 2.05) is 6.92 Å². The number of benzene rings is 1. The van der Waals surface area contributed by atoms with Gasteiger partial charge in [-0.1, -0.05) is 69.2 Å². The lowest BCUT2D eigenvalue weighted by Crippen LogP contribution is -2.33. The fraction of sp³-hybridized carbons (Fsp3) is 0.571. The van der Waals surface area contributed by atoms with Gasteiger partial charge in [0.1, 0.15) is 5.82 Å². The molecule has 0 spiro atoms. The Balaban J connectivity index is 1.89. The first-order valence-corrected chi connectivity index (χ1v) is 12.1. The van der Waals surface area contributed by atoms with Crippen LogP contribution in [0.25, 0.3) is 0 Å². The van der Waals surface area contributed by atoms with Crippen molar-refractivity contribution in [2.24, 2.45) is 5.92 Å². The van der Waals surface area contributed by atoms with E-state index in [0.29, 0.717) is 5.82 Å². The summed E-state index contributed by atoms with van der Waals surface area (Å²) in [6, 6.07) is 9.14. The molecule has 0 amide bonds. The van der Waals surface area contributed by atoms with Crippen LogP contribution in [0.2, 0.25) is 0 Å². The second-order valence-corrected chi connectivity index (χ2v) is 10.3. The molecule has 1 aliphatic rings. The molecule has 0 saturated heterocycles. The zero-order valence-corrected chi connectivity index (χ0v) is 20.8. The van der Waals surface area contributed by atoms with Crippen LogP contribution in [0.4, 0.5) is 11.8 Å². The first-order valence-electron chi connectivity index (χ1n) is 12.1. The third-order valence-electron chi connectivity index (χ3n) is 7.65. The van der Waals surface area contributed by atoms with E-state index in [1.165, 1.54) is 49.7 Å². The highest BCUT2D eigenvalue weighted by Crippen LogP contribution is 2.43. The van der Waals surface area contributed by atoms with Crippen LogP contribution < -0.4 is 11.5 Å². The Labute approximate surface area is 194 Å². The minimum atomic E-state index is -0.465. The Bertz CT molecular complexity index is 985. The fourth-order valence-corrected chi connectivity index (χ4v) is 5.46. The Morgan fingerprint density at radius 3 is 2.41 bits per heavy atom. The number of hydrogen-bond donors (Lipinski definition) is 2. The molecule has 172 valence electrons. The van der Waals surface area contributed by atoms with Gasteiger partial charge in [-0.15, -0.1) is 0 Å². The van der Waals surface area contributed by atoms with Crippen molar-refractivity contribution in [3.63, 3.8) is 0 Å². The summed E-state index contributed by atoms with van der Waals surface area (Å²) in [7, 11) is 0. The predicted molar refractivity (Wildman–Crippen MR) is 135 cm³/mol. The Morgan fingerprint density at radius 1 is 1.09 bits per heavy atom. The molecule has 3 rings (SSSR count). The molecule has 1 saturated carbocycles. The van der Waals surface area contributed by atoms with Crippen LogP contribution in [-0.2, 0) is 10.8 Å². The molecule has 2 aromatic rings. The van der Waals surface area contributed by atoms with Crippen molar-refractivity contribution in [2.45, 2.75) is 96.8 Å². The van der Waals surface area contributed by atoms with Gasteiger partial charge in [0, 0.05) is 17.2 Å². The topological polar surface area (TPSA) is 77.8 Å². The van der Waals surface area contributed by atoms with Crippen LogP contribution in [0.5, 0.6) is 0 Å². The van der Waals surface area contributed by atoms with Gasteiger partial charge in [-0.05, 0) is 69.4 Å². The summed E-state index contributed by atoms with van der Waals surface area (Å²) < 4.78 is 0. The zero-order chi connectivity index (χ0) is 23.5. The summed E-state index contributed by atoms with van der Waals surface area (Å²) in [5.41, 5.74) is 16.1. The maximum atomic E-state index is 6.18. The Kier molecular flexibility index (Phi) is 7.18. The van der Waals surface area contributed by atoms with Gasteiger partial charge in [0.25, 0.3) is 0 Å². The molecular weight excluding hydrogens is 392 g/mol. The molecule has 1 aliphatic carbocycles. The molecule has 1 fully saturated rings.